The van der Waals surface area contributed by atoms with Crippen LogP contribution >= 0.6 is 0 Å². The number of carbonyl (C=O) groups excluding carboxylic acids is 2. The van der Waals surface area contributed by atoms with E-state index in [0.717, 1.165) is 42.6 Å². The van der Waals surface area contributed by atoms with Crippen LogP contribution in [0.4, 0.5) is 13.2 Å². The fourth-order valence-corrected chi connectivity index (χ4v) is 5.38. The molecule has 4 aromatic carbocycles. The van der Waals surface area contributed by atoms with Crippen LogP contribution in [0.3, 0.4) is 0 Å². The minimum Gasteiger partial charge on any atom is -0.350 e. The number of nitrogens with one attached hydrogen (secondary N) is 3. The molecule has 0 aliphatic heterocycles. The van der Waals surface area contributed by atoms with Crippen molar-refractivity contribution in [3.8, 4) is 11.1 Å². The van der Waals surface area contributed by atoms with Crippen LogP contribution in [-0.2, 0) is 17.5 Å². The standard InChI is InChI=1S/C36H36F3N3O2/c37-36(38,39)30-15-9-10-25(22-30)24-41-35(44)32(16-7-8-21-40-33-23-31(33)28-13-5-2-6-14-28)42-34(43)29-19-17-27(18-20-29)26-11-3-1-4-12-26/h1-6,9-15,17-20,22,31-33,40H,7-8,16,21,23-24H2,(H,41,44)(H,42,43). The Morgan fingerprint density at radius 2 is 1.48 bits per heavy atom. The lowest BCUT2D eigenvalue weighted by Gasteiger charge is -2.19. The van der Waals surface area contributed by atoms with Crippen molar-refractivity contribution in [3.63, 3.8) is 0 Å². The van der Waals surface area contributed by atoms with Crippen LogP contribution in [0, 0.1) is 0 Å². The Kier molecular flexibility index (Phi) is 10.1. The fourth-order valence-electron chi connectivity index (χ4n) is 5.38. The van der Waals surface area contributed by atoms with E-state index in [9.17, 15) is 22.8 Å². The van der Waals surface area contributed by atoms with Crippen LogP contribution in [0.5, 0.6) is 0 Å². The molecule has 3 atom stereocenters. The third-order valence-electron chi connectivity index (χ3n) is 7.94. The van der Waals surface area contributed by atoms with Gasteiger partial charge in [0, 0.05) is 24.1 Å². The van der Waals surface area contributed by atoms with E-state index < -0.39 is 23.7 Å². The van der Waals surface area contributed by atoms with E-state index in [1.165, 1.54) is 17.7 Å². The Morgan fingerprint density at radius 3 is 2.18 bits per heavy atom. The van der Waals surface area contributed by atoms with E-state index in [-0.39, 0.29) is 12.5 Å². The molecule has 4 aromatic rings. The topological polar surface area (TPSA) is 70.2 Å². The minimum absolute atomic E-state index is 0.0784. The van der Waals surface area contributed by atoms with E-state index in [4.69, 9.17) is 0 Å². The first-order chi connectivity index (χ1) is 21.3. The predicted octanol–water partition coefficient (Wildman–Crippen LogP) is 7.10. The summed E-state index contributed by atoms with van der Waals surface area (Å²) in [6, 6.07) is 31.8. The van der Waals surface area contributed by atoms with Gasteiger partial charge in [0.25, 0.3) is 5.91 Å². The summed E-state index contributed by atoms with van der Waals surface area (Å²) in [5, 5.41) is 9.15. The highest BCUT2D eigenvalue weighted by Crippen LogP contribution is 2.40. The maximum atomic E-state index is 13.2. The van der Waals surface area contributed by atoms with Gasteiger partial charge < -0.3 is 16.0 Å². The molecule has 0 aromatic heterocycles. The summed E-state index contributed by atoms with van der Waals surface area (Å²) in [6.07, 6.45) is -1.47. The van der Waals surface area contributed by atoms with Gasteiger partial charge in [-0.1, -0.05) is 84.9 Å². The third-order valence-corrected chi connectivity index (χ3v) is 7.94. The molecular weight excluding hydrogens is 563 g/mol. The van der Waals surface area contributed by atoms with Gasteiger partial charge in [-0.15, -0.1) is 0 Å². The zero-order valence-corrected chi connectivity index (χ0v) is 24.3. The largest absolute Gasteiger partial charge is 0.416 e. The lowest BCUT2D eigenvalue weighted by molar-refractivity contribution is -0.137. The average molecular weight is 600 g/mol. The summed E-state index contributed by atoms with van der Waals surface area (Å²) < 4.78 is 39.4. The maximum absolute atomic E-state index is 13.2. The van der Waals surface area contributed by atoms with E-state index >= 15 is 0 Å². The minimum atomic E-state index is -4.47. The van der Waals surface area contributed by atoms with Crippen molar-refractivity contribution in [1.29, 1.82) is 0 Å². The molecule has 0 spiro atoms. The quantitative estimate of drug-likeness (QED) is 0.144. The number of halogens is 3. The lowest BCUT2D eigenvalue weighted by atomic mass is 10.0. The van der Waals surface area contributed by atoms with Gasteiger partial charge in [0.15, 0.2) is 0 Å². The second kappa shape index (κ2) is 14.4. The third kappa shape index (κ3) is 8.57. The van der Waals surface area contributed by atoms with Gasteiger partial charge in [0.05, 0.1) is 5.56 Å². The number of alkyl halides is 3. The Hall–Kier alpha value is -4.43. The summed E-state index contributed by atoms with van der Waals surface area (Å²) in [5.74, 6) is -0.292. The molecule has 0 saturated heterocycles. The smallest absolute Gasteiger partial charge is 0.350 e. The Morgan fingerprint density at radius 1 is 0.795 bits per heavy atom. The molecule has 0 bridgehead atoms. The molecule has 0 heterocycles. The molecule has 1 fully saturated rings. The normalized spacial score (nSPS) is 16.6. The second-order valence-corrected chi connectivity index (χ2v) is 11.2. The number of unbranched alkanes of at least 4 members (excludes halogenated alkanes) is 1. The first-order valence-corrected chi connectivity index (χ1v) is 15.0. The summed E-state index contributed by atoms with van der Waals surface area (Å²) in [4.78, 5) is 26.4. The van der Waals surface area contributed by atoms with Gasteiger partial charge >= 0.3 is 6.18 Å². The van der Waals surface area contributed by atoms with Crippen molar-refractivity contribution >= 4 is 11.8 Å². The Bertz CT molecular complexity index is 1530. The summed E-state index contributed by atoms with van der Waals surface area (Å²) in [7, 11) is 0. The molecule has 8 heteroatoms. The summed E-state index contributed by atoms with van der Waals surface area (Å²) in [6.45, 7) is 0.715. The van der Waals surface area contributed by atoms with Gasteiger partial charge in [0.1, 0.15) is 6.04 Å². The molecule has 44 heavy (non-hydrogen) atoms. The molecular formula is C36H36F3N3O2. The maximum Gasteiger partial charge on any atom is 0.416 e. The van der Waals surface area contributed by atoms with Crippen LogP contribution in [-0.4, -0.2) is 30.4 Å². The van der Waals surface area contributed by atoms with Crippen molar-refractivity contribution in [3.05, 3.63) is 131 Å². The highest BCUT2D eigenvalue weighted by molar-refractivity contribution is 5.97. The number of rotatable bonds is 13. The van der Waals surface area contributed by atoms with Crippen LogP contribution in [0.25, 0.3) is 11.1 Å². The van der Waals surface area contributed by atoms with Gasteiger partial charge in [-0.3, -0.25) is 9.59 Å². The predicted molar refractivity (Wildman–Crippen MR) is 166 cm³/mol. The molecule has 1 saturated carbocycles. The molecule has 3 N–H and O–H groups in total. The molecule has 1 aliphatic rings. The zero-order valence-electron chi connectivity index (χ0n) is 24.3. The number of carbonyl (C=O) groups is 2. The van der Waals surface area contributed by atoms with E-state index in [1.54, 1.807) is 12.1 Å². The van der Waals surface area contributed by atoms with Gasteiger partial charge in [-0.2, -0.15) is 13.2 Å². The first kappa shape index (κ1) is 31.0. The van der Waals surface area contributed by atoms with Crippen LogP contribution in [0.15, 0.2) is 109 Å². The van der Waals surface area contributed by atoms with Crippen LogP contribution in [0.2, 0.25) is 0 Å². The van der Waals surface area contributed by atoms with Gasteiger partial charge in [-0.05, 0) is 78.7 Å². The summed E-state index contributed by atoms with van der Waals surface area (Å²) in [5.41, 5.74) is 3.31. The SMILES string of the molecule is O=C(NC(CCCCNC1CC1c1ccccc1)C(=O)NCc1cccc(C(F)(F)F)c1)c1ccc(-c2ccccc2)cc1. The summed E-state index contributed by atoms with van der Waals surface area (Å²) >= 11 is 0. The van der Waals surface area contributed by atoms with Gasteiger partial charge in [-0.25, -0.2) is 0 Å². The Labute approximate surface area is 255 Å². The van der Waals surface area contributed by atoms with Crippen molar-refractivity contribution in [2.75, 3.05) is 6.54 Å². The first-order valence-electron chi connectivity index (χ1n) is 15.0. The fraction of sp³-hybridized carbons (Fsp3) is 0.278. The molecule has 2 amide bonds. The molecule has 5 rings (SSSR count). The highest BCUT2D eigenvalue weighted by atomic mass is 19.4. The number of benzene rings is 4. The van der Waals surface area contributed by atoms with Crippen LogP contribution in [0.1, 0.15) is 58.6 Å². The van der Waals surface area contributed by atoms with Crippen LogP contribution < -0.4 is 16.0 Å². The number of hydrogen-bond acceptors (Lipinski definition) is 3. The lowest BCUT2D eigenvalue weighted by Crippen LogP contribution is -2.46. The van der Waals surface area contributed by atoms with E-state index in [0.29, 0.717) is 35.9 Å². The highest BCUT2D eigenvalue weighted by Gasteiger charge is 2.37. The zero-order chi connectivity index (χ0) is 30.9. The number of amides is 2. The van der Waals surface area contributed by atoms with Crippen molar-refractivity contribution in [1.82, 2.24) is 16.0 Å². The monoisotopic (exact) mass is 599 g/mol. The van der Waals surface area contributed by atoms with Crippen molar-refractivity contribution in [2.24, 2.45) is 0 Å². The second-order valence-electron chi connectivity index (χ2n) is 11.2. The molecule has 5 nitrogen and oxygen atoms in total. The average Bonchev–Trinajstić information content (AvgIpc) is 3.83. The molecule has 228 valence electrons. The Balaban J connectivity index is 1.17. The molecule has 3 unspecified atom stereocenters. The van der Waals surface area contributed by atoms with E-state index in [2.05, 4.69) is 40.2 Å². The van der Waals surface area contributed by atoms with Crippen molar-refractivity contribution < 1.29 is 22.8 Å². The van der Waals surface area contributed by atoms with Crippen molar-refractivity contribution in [2.45, 2.75) is 56.4 Å². The number of hydrogen-bond donors (Lipinski definition) is 3. The van der Waals surface area contributed by atoms with Gasteiger partial charge in [0.2, 0.25) is 5.91 Å². The molecule has 0 radical (unpaired) electrons. The molecule has 1 aliphatic carbocycles. The van der Waals surface area contributed by atoms with E-state index in [1.807, 2.05) is 48.5 Å².